The maximum absolute atomic E-state index is 13.0. The highest BCUT2D eigenvalue weighted by Crippen LogP contribution is 2.61. The molecular formula is C22H17ClO. The first kappa shape index (κ1) is 15.2. The fraction of sp³-hybridized carbons (Fsp3) is 0.136. The van der Waals surface area contributed by atoms with Gasteiger partial charge in [-0.25, -0.2) is 0 Å². The summed E-state index contributed by atoms with van der Waals surface area (Å²) in [6.07, 6.45) is 0. The zero-order valence-corrected chi connectivity index (χ0v) is 13.9. The lowest BCUT2D eigenvalue weighted by Crippen LogP contribution is -2.03. The average molecular weight is 333 g/mol. The van der Waals surface area contributed by atoms with Crippen LogP contribution in [0.2, 0.25) is 5.02 Å². The topological polar surface area (TPSA) is 17.1 Å². The van der Waals surface area contributed by atoms with Gasteiger partial charge in [0.2, 0.25) is 0 Å². The Labute approximate surface area is 146 Å². The Balaban J connectivity index is 1.70. The summed E-state index contributed by atoms with van der Waals surface area (Å²) in [5, 5.41) is 0.724. The smallest absolute Gasteiger partial charge is 0.167 e. The zero-order chi connectivity index (χ0) is 16.5. The summed E-state index contributed by atoms with van der Waals surface area (Å²) in [4.78, 5) is 13.0. The van der Waals surface area contributed by atoms with E-state index in [2.05, 4.69) is 12.1 Å². The highest BCUT2D eigenvalue weighted by Gasteiger charge is 2.55. The molecule has 0 radical (unpaired) electrons. The molecule has 0 aromatic heterocycles. The summed E-state index contributed by atoms with van der Waals surface area (Å²) >= 11 is 6.02. The van der Waals surface area contributed by atoms with E-state index in [9.17, 15) is 4.79 Å². The molecule has 0 amide bonds. The van der Waals surface area contributed by atoms with E-state index in [1.165, 1.54) is 11.1 Å². The minimum atomic E-state index is -0.00373. The predicted molar refractivity (Wildman–Crippen MR) is 97.6 cm³/mol. The number of ketones is 1. The van der Waals surface area contributed by atoms with E-state index >= 15 is 0 Å². The molecule has 0 unspecified atom stereocenters. The normalized spacial score (nSPS) is 22.1. The number of benzene rings is 3. The summed E-state index contributed by atoms with van der Waals surface area (Å²) < 4.78 is 0. The third kappa shape index (κ3) is 2.76. The molecule has 0 aliphatic heterocycles. The Hall–Kier alpha value is -2.38. The van der Waals surface area contributed by atoms with Gasteiger partial charge in [-0.1, -0.05) is 84.4 Å². The van der Waals surface area contributed by atoms with Crippen molar-refractivity contribution in [3.8, 4) is 0 Å². The second-order valence-corrected chi connectivity index (χ2v) is 6.71. The fourth-order valence-electron chi connectivity index (χ4n) is 3.62. The Morgan fingerprint density at radius 2 is 1.17 bits per heavy atom. The van der Waals surface area contributed by atoms with Crippen molar-refractivity contribution in [1.29, 1.82) is 0 Å². The van der Waals surface area contributed by atoms with Gasteiger partial charge < -0.3 is 0 Å². The van der Waals surface area contributed by atoms with Gasteiger partial charge in [0.1, 0.15) is 0 Å². The predicted octanol–water partition coefficient (Wildman–Crippen LogP) is 5.72. The van der Waals surface area contributed by atoms with E-state index in [0.717, 1.165) is 10.6 Å². The molecule has 1 aliphatic carbocycles. The van der Waals surface area contributed by atoms with Crippen LogP contribution in [0.1, 0.15) is 33.3 Å². The van der Waals surface area contributed by atoms with Gasteiger partial charge in [0.05, 0.1) is 0 Å². The summed E-state index contributed by atoms with van der Waals surface area (Å²) in [6, 6.07) is 27.8. The van der Waals surface area contributed by atoms with Crippen LogP contribution < -0.4 is 0 Å². The first-order valence-electron chi connectivity index (χ1n) is 8.15. The van der Waals surface area contributed by atoms with Gasteiger partial charge in [-0.2, -0.15) is 0 Å². The van der Waals surface area contributed by atoms with Crippen molar-refractivity contribution in [3.63, 3.8) is 0 Å². The average Bonchev–Trinajstić information content (AvgIpc) is 3.39. The standard InChI is InChI=1S/C22H17ClO/c23-18-13-11-16(12-14-18)20-19(15-7-3-1-4-8-15)21(20)22(24)17-9-5-2-6-10-17/h1-14,19-21H/t19-,20+,21+/m1/s1. The van der Waals surface area contributed by atoms with Crippen LogP contribution >= 0.6 is 11.6 Å². The summed E-state index contributed by atoms with van der Waals surface area (Å²) in [7, 11) is 0. The molecular weight excluding hydrogens is 316 g/mol. The minimum absolute atomic E-state index is 0.00373. The first-order valence-corrected chi connectivity index (χ1v) is 8.53. The quantitative estimate of drug-likeness (QED) is 0.558. The monoisotopic (exact) mass is 332 g/mol. The highest BCUT2D eigenvalue weighted by atomic mass is 35.5. The highest BCUT2D eigenvalue weighted by molar-refractivity contribution is 6.30. The number of Topliss-reactive ketones (excluding diaryl/α,β-unsaturated/α-hetero) is 1. The molecule has 3 aromatic carbocycles. The summed E-state index contributed by atoms with van der Waals surface area (Å²) in [5.74, 6) is 0.679. The number of carbonyl (C=O) groups is 1. The molecule has 1 saturated carbocycles. The molecule has 3 atom stereocenters. The van der Waals surface area contributed by atoms with Gasteiger partial charge >= 0.3 is 0 Å². The number of hydrogen-bond donors (Lipinski definition) is 0. The Morgan fingerprint density at radius 1 is 0.667 bits per heavy atom. The molecule has 1 aliphatic rings. The largest absolute Gasteiger partial charge is 0.294 e. The van der Waals surface area contributed by atoms with Crippen molar-refractivity contribution in [2.75, 3.05) is 0 Å². The van der Waals surface area contributed by atoms with Gasteiger partial charge in [0.15, 0.2) is 5.78 Å². The SMILES string of the molecule is O=C(c1ccccc1)[C@@H]1[C@@H](c2ccc(Cl)cc2)[C@H]1c1ccccc1. The summed E-state index contributed by atoms with van der Waals surface area (Å²) in [6.45, 7) is 0. The van der Waals surface area contributed by atoms with E-state index in [-0.39, 0.29) is 23.5 Å². The number of rotatable bonds is 4. The van der Waals surface area contributed by atoms with Crippen LogP contribution in [0.3, 0.4) is 0 Å². The Bertz CT molecular complexity index is 840. The molecule has 0 heterocycles. The Morgan fingerprint density at radius 3 is 1.75 bits per heavy atom. The van der Waals surface area contributed by atoms with Crippen LogP contribution in [0.15, 0.2) is 84.9 Å². The number of halogens is 1. The van der Waals surface area contributed by atoms with E-state index < -0.39 is 0 Å². The zero-order valence-electron chi connectivity index (χ0n) is 13.1. The van der Waals surface area contributed by atoms with Crippen molar-refractivity contribution < 1.29 is 4.79 Å². The van der Waals surface area contributed by atoms with Gasteiger partial charge in [-0.05, 0) is 23.3 Å². The first-order chi connectivity index (χ1) is 11.8. The second-order valence-electron chi connectivity index (χ2n) is 6.27. The van der Waals surface area contributed by atoms with Crippen LogP contribution in [-0.2, 0) is 0 Å². The van der Waals surface area contributed by atoms with Gasteiger partial charge in [0, 0.05) is 28.3 Å². The van der Waals surface area contributed by atoms with Crippen LogP contribution in [0, 0.1) is 5.92 Å². The third-order valence-corrected chi connectivity index (χ3v) is 5.07. The molecule has 1 fully saturated rings. The van der Waals surface area contributed by atoms with Crippen LogP contribution in [-0.4, -0.2) is 5.78 Å². The van der Waals surface area contributed by atoms with Crippen molar-refractivity contribution in [2.24, 2.45) is 5.92 Å². The maximum atomic E-state index is 13.0. The van der Waals surface area contributed by atoms with Crippen molar-refractivity contribution in [1.82, 2.24) is 0 Å². The molecule has 118 valence electrons. The van der Waals surface area contributed by atoms with E-state index in [1.54, 1.807) is 0 Å². The lowest BCUT2D eigenvalue weighted by molar-refractivity contribution is 0.0963. The van der Waals surface area contributed by atoms with Crippen LogP contribution in [0.4, 0.5) is 0 Å². The molecule has 24 heavy (non-hydrogen) atoms. The van der Waals surface area contributed by atoms with Crippen molar-refractivity contribution in [3.05, 3.63) is 107 Å². The molecule has 3 aromatic rings. The molecule has 1 nitrogen and oxygen atoms in total. The third-order valence-electron chi connectivity index (χ3n) is 4.82. The van der Waals surface area contributed by atoms with E-state index in [0.29, 0.717) is 0 Å². The van der Waals surface area contributed by atoms with Crippen LogP contribution in [0.5, 0.6) is 0 Å². The molecule has 0 spiro atoms. The molecule has 2 heteroatoms. The molecule has 0 bridgehead atoms. The minimum Gasteiger partial charge on any atom is -0.294 e. The number of carbonyl (C=O) groups excluding carboxylic acids is 1. The number of hydrogen-bond acceptors (Lipinski definition) is 1. The van der Waals surface area contributed by atoms with Gasteiger partial charge in [-0.15, -0.1) is 0 Å². The van der Waals surface area contributed by atoms with E-state index in [4.69, 9.17) is 11.6 Å². The van der Waals surface area contributed by atoms with Gasteiger partial charge in [-0.3, -0.25) is 4.79 Å². The lowest BCUT2D eigenvalue weighted by Gasteiger charge is -2.01. The van der Waals surface area contributed by atoms with E-state index in [1.807, 2.05) is 72.8 Å². The molecule has 0 saturated heterocycles. The van der Waals surface area contributed by atoms with Crippen molar-refractivity contribution >= 4 is 17.4 Å². The molecule has 4 rings (SSSR count). The van der Waals surface area contributed by atoms with Crippen LogP contribution in [0.25, 0.3) is 0 Å². The Kier molecular flexibility index (Phi) is 3.95. The lowest BCUT2D eigenvalue weighted by atomic mass is 10.0. The maximum Gasteiger partial charge on any atom is 0.167 e. The van der Waals surface area contributed by atoms with Crippen molar-refractivity contribution in [2.45, 2.75) is 11.8 Å². The fourth-order valence-corrected chi connectivity index (χ4v) is 3.75. The summed E-state index contributed by atoms with van der Waals surface area (Å²) in [5.41, 5.74) is 3.20. The van der Waals surface area contributed by atoms with Gasteiger partial charge in [0.25, 0.3) is 0 Å². The second kappa shape index (κ2) is 6.26. The molecule has 0 N–H and O–H groups in total.